The van der Waals surface area contributed by atoms with Crippen LogP contribution < -0.4 is 10.6 Å². The normalized spacial score (nSPS) is 11.2. The summed E-state index contributed by atoms with van der Waals surface area (Å²) < 4.78 is 0. The number of anilines is 2. The van der Waals surface area contributed by atoms with Gasteiger partial charge in [-0.05, 0) is 25.0 Å². The summed E-state index contributed by atoms with van der Waals surface area (Å²) in [6.45, 7) is 4.57. The molecular weight excluding hydrogens is 613 g/mol. The lowest BCUT2D eigenvalue weighted by Gasteiger charge is -2.12. The van der Waals surface area contributed by atoms with Crippen molar-refractivity contribution in [3.8, 4) is 0 Å². The van der Waals surface area contributed by atoms with Gasteiger partial charge in [-0.3, -0.25) is 9.59 Å². The SMILES string of the molecule is CCCCCCCCCCCCCCCCCCCC(=O)Nc1ccccc1NC(=O)CCCCCCCCCCCCCCCCCCC. The predicted molar refractivity (Wildman–Crippen MR) is 221 cm³/mol. The number of carbonyl (C=O) groups is 2. The first-order valence-corrected chi connectivity index (χ1v) is 22.4. The molecule has 4 nitrogen and oxygen atoms in total. The lowest BCUT2D eigenvalue weighted by molar-refractivity contribution is -0.117. The van der Waals surface area contributed by atoms with E-state index in [1.807, 2.05) is 24.3 Å². The van der Waals surface area contributed by atoms with E-state index in [0.29, 0.717) is 24.2 Å². The minimum Gasteiger partial charge on any atom is -0.324 e. The van der Waals surface area contributed by atoms with Crippen molar-refractivity contribution in [2.75, 3.05) is 10.6 Å². The van der Waals surface area contributed by atoms with E-state index in [-0.39, 0.29) is 11.8 Å². The molecule has 0 bridgehead atoms. The molecule has 0 aliphatic carbocycles. The molecule has 0 spiro atoms. The average Bonchev–Trinajstić information content (AvgIpc) is 3.11. The molecule has 0 heterocycles. The third-order valence-corrected chi connectivity index (χ3v) is 10.5. The molecule has 1 aromatic rings. The summed E-state index contributed by atoms with van der Waals surface area (Å²) in [4.78, 5) is 25.3. The Kier molecular flexibility index (Phi) is 34.1. The van der Waals surface area contributed by atoms with E-state index in [1.165, 1.54) is 193 Å². The second-order valence-corrected chi connectivity index (χ2v) is 15.5. The summed E-state index contributed by atoms with van der Waals surface area (Å²) in [5, 5.41) is 6.09. The molecular formula is C46H84N2O2. The van der Waals surface area contributed by atoms with Gasteiger partial charge in [0.25, 0.3) is 0 Å². The van der Waals surface area contributed by atoms with Crippen LogP contribution in [0, 0.1) is 0 Å². The van der Waals surface area contributed by atoms with Crippen LogP contribution in [0.4, 0.5) is 11.4 Å². The maximum atomic E-state index is 12.6. The van der Waals surface area contributed by atoms with Gasteiger partial charge in [0.2, 0.25) is 11.8 Å². The summed E-state index contributed by atoms with van der Waals surface area (Å²) in [5.74, 6) is 0.0849. The molecule has 0 aromatic heterocycles. The van der Waals surface area contributed by atoms with E-state index in [1.54, 1.807) is 0 Å². The van der Waals surface area contributed by atoms with Crippen molar-refractivity contribution >= 4 is 23.2 Å². The van der Waals surface area contributed by atoms with Crippen LogP contribution in [0.1, 0.15) is 245 Å². The zero-order valence-corrected chi connectivity index (χ0v) is 33.6. The molecule has 0 saturated heterocycles. The van der Waals surface area contributed by atoms with Crippen LogP contribution in [-0.4, -0.2) is 11.8 Å². The molecule has 290 valence electrons. The summed E-state index contributed by atoms with van der Waals surface area (Å²) in [6.07, 6.45) is 46.6. The average molecular weight is 697 g/mol. The second kappa shape index (κ2) is 36.9. The van der Waals surface area contributed by atoms with Crippen molar-refractivity contribution in [2.45, 2.75) is 245 Å². The maximum absolute atomic E-state index is 12.6. The van der Waals surface area contributed by atoms with Gasteiger partial charge in [0.1, 0.15) is 0 Å². The van der Waals surface area contributed by atoms with Crippen LogP contribution in [0.25, 0.3) is 0 Å². The van der Waals surface area contributed by atoms with Crippen molar-refractivity contribution in [1.82, 2.24) is 0 Å². The number of rotatable bonds is 38. The van der Waals surface area contributed by atoms with Gasteiger partial charge >= 0.3 is 0 Å². The van der Waals surface area contributed by atoms with Gasteiger partial charge in [-0.2, -0.15) is 0 Å². The van der Waals surface area contributed by atoms with Crippen LogP contribution in [-0.2, 0) is 9.59 Å². The highest BCUT2D eigenvalue weighted by Crippen LogP contribution is 2.23. The highest BCUT2D eigenvalue weighted by molar-refractivity contribution is 5.99. The summed E-state index contributed by atoms with van der Waals surface area (Å²) in [6, 6.07) is 7.60. The van der Waals surface area contributed by atoms with E-state index in [9.17, 15) is 9.59 Å². The molecule has 0 atom stereocenters. The monoisotopic (exact) mass is 697 g/mol. The first-order chi connectivity index (χ1) is 24.7. The van der Waals surface area contributed by atoms with Gasteiger partial charge in [-0.15, -0.1) is 0 Å². The first-order valence-electron chi connectivity index (χ1n) is 22.4. The van der Waals surface area contributed by atoms with Crippen molar-refractivity contribution in [3.05, 3.63) is 24.3 Å². The molecule has 2 amide bonds. The Morgan fingerprint density at radius 3 is 0.760 bits per heavy atom. The third-order valence-electron chi connectivity index (χ3n) is 10.5. The molecule has 0 fully saturated rings. The number of nitrogens with one attached hydrogen (secondary N) is 2. The Morgan fingerprint density at radius 1 is 0.340 bits per heavy atom. The maximum Gasteiger partial charge on any atom is 0.224 e. The summed E-state index contributed by atoms with van der Waals surface area (Å²) >= 11 is 0. The first kappa shape index (κ1) is 46.2. The third kappa shape index (κ3) is 30.9. The van der Waals surface area contributed by atoms with E-state index in [4.69, 9.17) is 0 Å². The zero-order chi connectivity index (χ0) is 36.0. The Morgan fingerprint density at radius 2 is 0.540 bits per heavy atom. The molecule has 0 saturated carbocycles. The Bertz CT molecular complexity index is 814. The van der Waals surface area contributed by atoms with Crippen molar-refractivity contribution in [2.24, 2.45) is 0 Å². The quantitative estimate of drug-likeness (QED) is 0.0676. The molecule has 2 N–H and O–H groups in total. The number of carbonyl (C=O) groups excluding carboxylic acids is 2. The highest BCUT2D eigenvalue weighted by atomic mass is 16.2. The number of para-hydroxylation sites is 2. The summed E-state index contributed by atoms with van der Waals surface area (Å²) in [7, 11) is 0. The Hall–Kier alpha value is -1.84. The summed E-state index contributed by atoms with van der Waals surface area (Å²) in [5.41, 5.74) is 1.42. The molecule has 4 heteroatoms. The number of amides is 2. The molecule has 0 radical (unpaired) electrons. The van der Waals surface area contributed by atoms with Crippen LogP contribution in [0.3, 0.4) is 0 Å². The fourth-order valence-corrected chi connectivity index (χ4v) is 7.15. The van der Waals surface area contributed by atoms with Gasteiger partial charge < -0.3 is 10.6 Å². The predicted octanol–water partition coefficient (Wildman–Crippen LogP) is 15.6. The van der Waals surface area contributed by atoms with Gasteiger partial charge in [0, 0.05) is 12.8 Å². The number of benzene rings is 1. The molecule has 0 unspecified atom stereocenters. The van der Waals surface area contributed by atoms with Crippen LogP contribution >= 0.6 is 0 Å². The molecule has 50 heavy (non-hydrogen) atoms. The number of hydrogen-bond donors (Lipinski definition) is 2. The van der Waals surface area contributed by atoms with E-state index in [2.05, 4.69) is 24.5 Å². The van der Waals surface area contributed by atoms with Crippen LogP contribution in [0.15, 0.2) is 24.3 Å². The topological polar surface area (TPSA) is 58.2 Å². The molecule has 0 aliphatic heterocycles. The largest absolute Gasteiger partial charge is 0.324 e. The van der Waals surface area contributed by atoms with E-state index >= 15 is 0 Å². The van der Waals surface area contributed by atoms with Gasteiger partial charge in [0.05, 0.1) is 11.4 Å². The van der Waals surface area contributed by atoms with Crippen LogP contribution in [0.2, 0.25) is 0 Å². The molecule has 1 aromatic carbocycles. The number of unbranched alkanes of at least 4 members (excludes halogenated alkanes) is 32. The van der Waals surface area contributed by atoms with Gasteiger partial charge in [-0.25, -0.2) is 0 Å². The minimum atomic E-state index is 0.0424. The van der Waals surface area contributed by atoms with E-state index < -0.39 is 0 Å². The standard InChI is InChI=1S/C46H84N2O2/c1-3-5-7-9-11-13-15-17-19-21-23-25-27-29-31-33-35-41-45(49)47-43-39-37-38-40-44(43)48-46(50)42-36-34-32-30-28-26-24-22-20-18-16-14-12-10-8-6-4-2/h37-40H,3-36,41-42H2,1-2H3,(H,47,49)(H,48,50). The van der Waals surface area contributed by atoms with Crippen molar-refractivity contribution < 1.29 is 9.59 Å². The lowest BCUT2D eigenvalue weighted by atomic mass is 10.0. The lowest BCUT2D eigenvalue weighted by Crippen LogP contribution is -2.16. The molecule has 0 aliphatic rings. The van der Waals surface area contributed by atoms with Crippen molar-refractivity contribution in [3.63, 3.8) is 0 Å². The number of hydrogen-bond acceptors (Lipinski definition) is 2. The zero-order valence-electron chi connectivity index (χ0n) is 33.6. The highest BCUT2D eigenvalue weighted by Gasteiger charge is 2.10. The van der Waals surface area contributed by atoms with Crippen LogP contribution in [0.5, 0.6) is 0 Å². The van der Waals surface area contributed by atoms with Gasteiger partial charge in [-0.1, -0.05) is 231 Å². The molecule has 1 rings (SSSR count). The Labute approximate surface area is 311 Å². The second-order valence-electron chi connectivity index (χ2n) is 15.5. The van der Waals surface area contributed by atoms with Crippen molar-refractivity contribution in [1.29, 1.82) is 0 Å². The van der Waals surface area contributed by atoms with E-state index in [0.717, 1.165) is 25.7 Å². The Balaban J connectivity index is 1.97. The fourth-order valence-electron chi connectivity index (χ4n) is 7.15. The van der Waals surface area contributed by atoms with Gasteiger partial charge in [0.15, 0.2) is 0 Å². The smallest absolute Gasteiger partial charge is 0.224 e. The fraction of sp³-hybridized carbons (Fsp3) is 0.826. The minimum absolute atomic E-state index is 0.0424.